The first kappa shape index (κ1) is 15.4. The summed E-state index contributed by atoms with van der Waals surface area (Å²) in [4.78, 5) is 16.1. The predicted molar refractivity (Wildman–Crippen MR) is 83.3 cm³/mol. The first-order valence-electron chi connectivity index (χ1n) is 6.27. The summed E-state index contributed by atoms with van der Waals surface area (Å²) >= 11 is 1.21. The van der Waals surface area contributed by atoms with Gasteiger partial charge in [-0.25, -0.2) is 14.1 Å². The highest BCUT2D eigenvalue weighted by molar-refractivity contribution is 7.88. The zero-order chi connectivity index (χ0) is 16.8. The summed E-state index contributed by atoms with van der Waals surface area (Å²) in [5.41, 5.74) is 0.448. The molecule has 11 heteroatoms. The van der Waals surface area contributed by atoms with Crippen molar-refractivity contribution in [2.24, 2.45) is 11.4 Å². The Hall–Kier alpha value is -2.53. The number of allylic oxidation sites excluding steroid dienone is 1. The number of thiazole rings is 1. The number of carboxylic acid groups (broad SMARTS) is 1. The SMILES string of the molecule is CN1C(C(=O)O)=CC(c2ncc(-c3cnn(C)c3)s2)=NS1(=O)=O. The Labute approximate surface area is 135 Å². The topological polar surface area (TPSA) is 118 Å². The van der Waals surface area contributed by atoms with Crippen molar-refractivity contribution < 1.29 is 18.3 Å². The van der Waals surface area contributed by atoms with Gasteiger partial charge in [-0.15, -0.1) is 15.7 Å². The van der Waals surface area contributed by atoms with Gasteiger partial charge in [-0.2, -0.15) is 13.5 Å². The van der Waals surface area contributed by atoms with Crippen LogP contribution in [0, 0.1) is 0 Å². The predicted octanol–water partition coefficient (Wildman–Crippen LogP) is 0.491. The van der Waals surface area contributed by atoms with Crippen molar-refractivity contribution in [2.75, 3.05) is 7.05 Å². The third-order valence-corrected chi connectivity index (χ3v) is 5.49. The van der Waals surface area contributed by atoms with Crippen LogP contribution in [0.25, 0.3) is 10.4 Å². The number of hydrogen-bond donors (Lipinski definition) is 1. The number of likely N-dealkylation sites (N-methyl/N-ethyl adjacent to an activating group) is 1. The molecule has 3 heterocycles. The molecule has 0 bridgehead atoms. The van der Waals surface area contributed by atoms with Gasteiger partial charge < -0.3 is 5.11 Å². The number of nitrogens with zero attached hydrogens (tertiary/aromatic N) is 5. The van der Waals surface area contributed by atoms with Crippen molar-refractivity contribution in [3.63, 3.8) is 0 Å². The van der Waals surface area contributed by atoms with Crippen LogP contribution in [0.2, 0.25) is 0 Å². The molecule has 1 aliphatic rings. The second kappa shape index (κ2) is 5.28. The molecule has 0 spiro atoms. The number of aryl methyl sites for hydroxylation is 1. The van der Waals surface area contributed by atoms with Crippen LogP contribution in [0.15, 0.2) is 34.8 Å². The Morgan fingerprint density at radius 2 is 2.04 bits per heavy atom. The van der Waals surface area contributed by atoms with Gasteiger partial charge in [-0.3, -0.25) is 4.68 Å². The second-order valence-electron chi connectivity index (χ2n) is 4.69. The molecule has 0 aromatic carbocycles. The molecule has 0 fully saturated rings. The van der Waals surface area contributed by atoms with Crippen LogP contribution < -0.4 is 0 Å². The van der Waals surface area contributed by atoms with E-state index in [1.165, 1.54) is 17.4 Å². The number of aliphatic carboxylic acids is 1. The zero-order valence-electron chi connectivity index (χ0n) is 12.0. The van der Waals surface area contributed by atoms with E-state index in [0.29, 0.717) is 9.31 Å². The third-order valence-electron chi connectivity index (χ3n) is 3.11. The Morgan fingerprint density at radius 1 is 1.30 bits per heavy atom. The molecule has 0 saturated carbocycles. The summed E-state index contributed by atoms with van der Waals surface area (Å²) in [6, 6.07) is 0. The van der Waals surface area contributed by atoms with Gasteiger partial charge in [0.1, 0.15) is 16.4 Å². The summed E-state index contributed by atoms with van der Waals surface area (Å²) in [7, 11) is -1.17. The molecule has 120 valence electrons. The van der Waals surface area contributed by atoms with Crippen LogP contribution in [0.3, 0.4) is 0 Å². The molecular formula is C12H11N5O4S2. The van der Waals surface area contributed by atoms with E-state index in [2.05, 4.69) is 14.5 Å². The van der Waals surface area contributed by atoms with Crippen LogP contribution in [-0.2, 0) is 22.1 Å². The van der Waals surface area contributed by atoms with E-state index in [1.807, 2.05) is 0 Å². The van der Waals surface area contributed by atoms with Crippen LogP contribution in [0.4, 0.5) is 0 Å². The maximum Gasteiger partial charge on any atom is 0.353 e. The molecule has 1 aliphatic heterocycles. The Balaban J connectivity index is 2.05. The molecule has 0 unspecified atom stereocenters. The minimum Gasteiger partial charge on any atom is -0.477 e. The number of rotatable bonds is 3. The van der Waals surface area contributed by atoms with Gasteiger partial charge in [0.15, 0.2) is 0 Å². The van der Waals surface area contributed by atoms with E-state index in [1.54, 1.807) is 30.3 Å². The normalized spacial score (nSPS) is 16.9. The first-order chi connectivity index (χ1) is 10.8. The average molecular weight is 353 g/mol. The average Bonchev–Trinajstić information content (AvgIpc) is 3.09. The van der Waals surface area contributed by atoms with Crippen LogP contribution in [-0.4, -0.2) is 51.3 Å². The van der Waals surface area contributed by atoms with Crippen molar-refractivity contribution >= 4 is 33.2 Å². The Bertz CT molecular complexity index is 954. The smallest absolute Gasteiger partial charge is 0.353 e. The fraction of sp³-hybridized carbons (Fsp3) is 0.167. The molecule has 1 N–H and O–H groups in total. The van der Waals surface area contributed by atoms with Gasteiger partial charge in [0.25, 0.3) is 0 Å². The van der Waals surface area contributed by atoms with Crippen LogP contribution >= 0.6 is 11.3 Å². The summed E-state index contributed by atoms with van der Waals surface area (Å²) in [6.07, 6.45) is 6.21. The zero-order valence-corrected chi connectivity index (χ0v) is 13.7. The van der Waals surface area contributed by atoms with Gasteiger partial charge >= 0.3 is 16.2 Å². The second-order valence-corrected chi connectivity index (χ2v) is 7.35. The summed E-state index contributed by atoms with van der Waals surface area (Å²) < 4.78 is 29.8. The van der Waals surface area contributed by atoms with Gasteiger partial charge in [0.05, 0.1) is 11.1 Å². The number of carbonyl (C=O) groups is 1. The van der Waals surface area contributed by atoms with E-state index in [9.17, 15) is 13.2 Å². The molecule has 0 atom stereocenters. The molecule has 0 amide bonds. The third kappa shape index (κ3) is 2.75. The summed E-state index contributed by atoms with van der Waals surface area (Å²) in [5.74, 6) is -1.35. The van der Waals surface area contributed by atoms with Crippen LogP contribution in [0.1, 0.15) is 5.01 Å². The van der Waals surface area contributed by atoms with Gasteiger partial charge in [-0.1, -0.05) is 0 Å². The fourth-order valence-electron chi connectivity index (χ4n) is 1.93. The Morgan fingerprint density at radius 3 is 2.65 bits per heavy atom. The van der Waals surface area contributed by atoms with Crippen LogP contribution in [0.5, 0.6) is 0 Å². The Kier molecular flexibility index (Phi) is 3.53. The van der Waals surface area contributed by atoms with Crippen molar-refractivity contribution in [1.29, 1.82) is 0 Å². The minimum atomic E-state index is -4.08. The van der Waals surface area contributed by atoms with Crippen molar-refractivity contribution in [3.05, 3.63) is 35.4 Å². The molecular weight excluding hydrogens is 342 g/mol. The van der Waals surface area contributed by atoms with Gasteiger partial charge in [0, 0.05) is 32.1 Å². The molecule has 3 rings (SSSR count). The number of hydrogen-bond acceptors (Lipinski definition) is 6. The lowest BCUT2D eigenvalue weighted by Crippen LogP contribution is -2.33. The highest BCUT2D eigenvalue weighted by Gasteiger charge is 2.30. The molecule has 23 heavy (non-hydrogen) atoms. The van der Waals surface area contributed by atoms with E-state index in [4.69, 9.17) is 5.11 Å². The molecule has 2 aromatic rings. The quantitative estimate of drug-likeness (QED) is 0.858. The maximum atomic E-state index is 12.0. The lowest BCUT2D eigenvalue weighted by molar-refractivity contribution is -0.133. The number of carboxylic acids is 1. The first-order valence-corrected chi connectivity index (χ1v) is 8.48. The fourth-order valence-corrected chi connectivity index (χ4v) is 3.73. The lowest BCUT2D eigenvalue weighted by Gasteiger charge is -2.20. The molecule has 0 radical (unpaired) electrons. The molecule has 0 saturated heterocycles. The van der Waals surface area contributed by atoms with Gasteiger partial charge in [0.2, 0.25) is 0 Å². The standard InChI is InChI=1S/C12H11N5O4S2/c1-16-6-7(4-14-16)10-5-13-11(22-10)8-3-9(12(18)19)17(2)23(20,21)15-8/h3-6H,1-2H3,(H,18,19). The van der Waals surface area contributed by atoms with Crippen molar-refractivity contribution in [2.45, 2.75) is 0 Å². The largest absolute Gasteiger partial charge is 0.477 e. The summed E-state index contributed by atoms with van der Waals surface area (Å²) in [6.45, 7) is 0. The van der Waals surface area contributed by atoms with E-state index in [-0.39, 0.29) is 11.4 Å². The van der Waals surface area contributed by atoms with E-state index >= 15 is 0 Å². The molecule has 2 aromatic heterocycles. The lowest BCUT2D eigenvalue weighted by atomic mass is 10.3. The highest BCUT2D eigenvalue weighted by Crippen LogP contribution is 2.28. The molecule has 9 nitrogen and oxygen atoms in total. The highest BCUT2D eigenvalue weighted by atomic mass is 32.2. The summed E-state index contributed by atoms with van der Waals surface area (Å²) in [5, 5.41) is 13.5. The van der Waals surface area contributed by atoms with Gasteiger partial charge in [-0.05, 0) is 6.08 Å². The molecule has 0 aliphatic carbocycles. The maximum absolute atomic E-state index is 12.0. The van der Waals surface area contributed by atoms with Crippen molar-refractivity contribution in [1.82, 2.24) is 19.1 Å². The monoisotopic (exact) mass is 353 g/mol. The minimum absolute atomic E-state index is 0.000593. The van der Waals surface area contributed by atoms with Crippen molar-refractivity contribution in [3.8, 4) is 10.4 Å². The van der Waals surface area contributed by atoms with E-state index < -0.39 is 16.2 Å². The van der Waals surface area contributed by atoms with E-state index in [0.717, 1.165) is 17.5 Å². The number of aromatic nitrogens is 3.